The van der Waals surface area contributed by atoms with Crippen LogP contribution in [0.25, 0.3) is 0 Å². The van der Waals surface area contributed by atoms with Gasteiger partial charge in [0.05, 0.1) is 28.7 Å². The second kappa shape index (κ2) is 9.96. The highest BCUT2D eigenvalue weighted by molar-refractivity contribution is 7.89. The lowest BCUT2D eigenvalue weighted by Crippen LogP contribution is -2.40. The second-order valence-electron chi connectivity index (χ2n) is 7.15. The van der Waals surface area contributed by atoms with E-state index in [4.69, 9.17) is 30.5 Å². The highest BCUT2D eigenvalue weighted by Gasteiger charge is 2.26. The van der Waals surface area contributed by atoms with Crippen LogP contribution in [-0.2, 0) is 24.3 Å². The molecule has 0 spiro atoms. The van der Waals surface area contributed by atoms with Gasteiger partial charge in [0, 0.05) is 18.8 Å². The lowest BCUT2D eigenvalue weighted by atomic mass is 10.2. The van der Waals surface area contributed by atoms with Gasteiger partial charge in [-0.3, -0.25) is 4.79 Å². The van der Waals surface area contributed by atoms with Crippen LogP contribution in [0.2, 0.25) is 5.02 Å². The van der Waals surface area contributed by atoms with Crippen molar-refractivity contribution >= 4 is 39.2 Å². The number of halogens is 1. The van der Waals surface area contributed by atoms with Crippen LogP contribution in [-0.4, -0.2) is 70.7 Å². The number of hydrogen-bond acceptors (Lipinski definition) is 8. The summed E-state index contributed by atoms with van der Waals surface area (Å²) in [4.78, 5) is 24.6. The fourth-order valence-electron chi connectivity index (χ4n) is 3.29. The van der Waals surface area contributed by atoms with Crippen molar-refractivity contribution in [2.75, 3.05) is 51.4 Å². The number of carbonyl (C=O) groups excluding carboxylic acids is 2. The average molecular weight is 497 g/mol. The molecule has 0 bridgehead atoms. The van der Waals surface area contributed by atoms with Crippen molar-refractivity contribution in [3.8, 4) is 11.5 Å². The summed E-state index contributed by atoms with van der Waals surface area (Å²) < 4.78 is 47.7. The van der Waals surface area contributed by atoms with E-state index >= 15 is 0 Å². The van der Waals surface area contributed by atoms with Crippen molar-refractivity contribution in [3.63, 3.8) is 0 Å². The van der Waals surface area contributed by atoms with Crippen LogP contribution in [0.15, 0.2) is 41.3 Å². The van der Waals surface area contributed by atoms with Crippen molar-refractivity contribution in [2.45, 2.75) is 4.90 Å². The van der Waals surface area contributed by atoms with Crippen LogP contribution in [0.4, 0.5) is 5.69 Å². The van der Waals surface area contributed by atoms with Gasteiger partial charge in [0.25, 0.3) is 5.91 Å². The molecule has 10 nitrogen and oxygen atoms in total. The monoisotopic (exact) mass is 496 g/mol. The number of sulfonamides is 1. The van der Waals surface area contributed by atoms with E-state index in [0.29, 0.717) is 56.7 Å². The van der Waals surface area contributed by atoms with E-state index in [9.17, 15) is 18.0 Å². The topological polar surface area (TPSA) is 120 Å². The van der Waals surface area contributed by atoms with E-state index in [2.05, 4.69) is 5.32 Å². The first kappa shape index (κ1) is 23.3. The SMILES string of the molecule is O=C(COC(=O)c1cc(Cl)c2c(c1)OCCO2)Nc1ccc(S(=O)(=O)N2CCOCC2)cc1. The van der Waals surface area contributed by atoms with Gasteiger partial charge in [-0.05, 0) is 36.4 Å². The van der Waals surface area contributed by atoms with Gasteiger partial charge in [-0.1, -0.05) is 11.6 Å². The van der Waals surface area contributed by atoms with Gasteiger partial charge in [0.2, 0.25) is 10.0 Å². The Kier molecular flexibility index (Phi) is 7.03. The lowest BCUT2D eigenvalue weighted by molar-refractivity contribution is -0.119. The van der Waals surface area contributed by atoms with Crippen molar-refractivity contribution < 1.29 is 37.0 Å². The first-order valence-corrected chi connectivity index (χ1v) is 11.9. The molecule has 1 saturated heterocycles. The standard InChI is InChI=1S/C21H21ClN2O8S/c22-17-11-14(12-18-20(17)31-10-9-30-18)21(26)32-13-19(25)23-15-1-3-16(4-2-15)33(27,28)24-5-7-29-8-6-24/h1-4,11-12H,5-10,13H2,(H,23,25). The Morgan fingerprint density at radius 2 is 1.73 bits per heavy atom. The maximum Gasteiger partial charge on any atom is 0.338 e. The van der Waals surface area contributed by atoms with E-state index < -0.39 is 28.5 Å². The molecule has 0 aliphatic carbocycles. The molecule has 1 N–H and O–H groups in total. The predicted octanol–water partition coefficient (Wildman–Crippen LogP) is 1.93. The Bertz CT molecular complexity index is 1150. The Labute approximate surface area is 195 Å². The fraction of sp³-hybridized carbons (Fsp3) is 0.333. The van der Waals surface area contributed by atoms with E-state index in [-0.39, 0.29) is 15.5 Å². The third-order valence-electron chi connectivity index (χ3n) is 4.91. The van der Waals surface area contributed by atoms with Crippen molar-refractivity contribution in [1.82, 2.24) is 4.31 Å². The Morgan fingerprint density at radius 3 is 2.45 bits per heavy atom. The lowest BCUT2D eigenvalue weighted by Gasteiger charge is -2.26. The van der Waals surface area contributed by atoms with Gasteiger partial charge in [-0.25, -0.2) is 13.2 Å². The highest BCUT2D eigenvalue weighted by atomic mass is 35.5. The van der Waals surface area contributed by atoms with Crippen LogP contribution in [0.3, 0.4) is 0 Å². The predicted molar refractivity (Wildman–Crippen MR) is 117 cm³/mol. The molecule has 0 radical (unpaired) electrons. The van der Waals surface area contributed by atoms with Gasteiger partial charge in [-0.15, -0.1) is 0 Å². The van der Waals surface area contributed by atoms with Gasteiger partial charge < -0.3 is 24.3 Å². The quantitative estimate of drug-likeness (QED) is 0.602. The van der Waals surface area contributed by atoms with E-state index in [1.54, 1.807) is 0 Å². The molecule has 33 heavy (non-hydrogen) atoms. The van der Waals surface area contributed by atoms with E-state index in [0.717, 1.165) is 0 Å². The fourth-order valence-corrected chi connectivity index (χ4v) is 4.96. The summed E-state index contributed by atoms with van der Waals surface area (Å²) in [7, 11) is -3.63. The van der Waals surface area contributed by atoms with Gasteiger partial charge >= 0.3 is 5.97 Å². The van der Waals surface area contributed by atoms with Gasteiger partial charge in [0.1, 0.15) is 13.2 Å². The molecule has 2 heterocycles. The van der Waals surface area contributed by atoms with Crippen molar-refractivity contribution in [1.29, 1.82) is 0 Å². The second-order valence-corrected chi connectivity index (χ2v) is 9.49. The number of nitrogens with zero attached hydrogens (tertiary/aromatic N) is 1. The summed E-state index contributed by atoms with van der Waals surface area (Å²) in [5, 5.41) is 2.76. The smallest absolute Gasteiger partial charge is 0.338 e. The Balaban J connectivity index is 1.33. The number of benzene rings is 2. The summed E-state index contributed by atoms with van der Waals surface area (Å²) in [6.07, 6.45) is 0. The summed E-state index contributed by atoms with van der Waals surface area (Å²) in [5.74, 6) is -0.652. The van der Waals surface area contributed by atoms with Gasteiger partial charge in [-0.2, -0.15) is 4.31 Å². The molecule has 0 atom stereocenters. The first-order chi connectivity index (χ1) is 15.8. The average Bonchev–Trinajstić information content (AvgIpc) is 2.83. The maximum absolute atomic E-state index is 12.6. The molecule has 0 aromatic heterocycles. The summed E-state index contributed by atoms with van der Waals surface area (Å²) in [6, 6.07) is 8.56. The molecule has 1 amide bonds. The molecule has 12 heteroatoms. The molecular weight excluding hydrogens is 476 g/mol. The maximum atomic E-state index is 12.6. The highest BCUT2D eigenvalue weighted by Crippen LogP contribution is 2.38. The molecule has 2 aliphatic rings. The number of hydrogen-bond donors (Lipinski definition) is 1. The zero-order valence-electron chi connectivity index (χ0n) is 17.4. The van der Waals surface area contributed by atoms with Crippen molar-refractivity contribution in [3.05, 3.63) is 47.0 Å². The summed E-state index contributed by atoms with van der Waals surface area (Å²) in [6.45, 7) is 1.43. The molecule has 4 rings (SSSR count). The minimum atomic E-state index is -3.63. The number of ether oxygens (including phenoxy) is 4. The number of amides is 1. The zero-order chi connectivity index (χ0) is 23.4. The van der Waals surface area contributed by atoms with Crippen LogP contribution in [0.1, 0.15) is 10.4 Å². The molecular formula is C21H21ClN2O8S. The van der Waals surface area contributed by atoms with Crippen LogP contribution >= 0.6 is 11.6 Å². The largest absolute Gasteiger partial charge is 0.486 e. The zero-order valence-corrected chi connectivity index (χ0v) is 19.0. The number of morpholine rings is 1. The minimum absolute atomic E-state index is 0.115. The number of esters is 1. The first-order valence-electron chi connectivity index (χ1n) is 10.1. The number of anilines is 1. The van der Waals surface area contributed by atoms with Crippen molar-refractivity contribution in [2.24, 2.45) is 0 Å². The van der Waals surface area contributed by atoms with E-state index in [1.165, 1.54) is 40.7 Å². The molecule has 2 aromatic rings. The molecule has 176 valence electrons. The number of rotatable bonds is 6. The minimum Gasteiger partial charge on any atom is -0.486 e. The number of nitrogens with one attached hydrogen (secondary N) is 1. The molecule has 2 aliphatic heterocycles. The van der Waals surface area contributed by atoms with Crippen LogP contribution < -0.4 is 14.8 Å². The Hall–Kier alpha value is -2.86. The third-order valence-corrected chi connectivity index (χ3v) is 7.11. The van der Waals surface area contributed by atoms with E-state index in [1.807, 2.05) is 0 Å². The van der Waals surface area contributed by atoms with Gasteiger partial charge in [0.15, 0.2) is 18.1 Å². The van der Waals surface area contributed by atoms with Crippen LogP contribution in [0, 0.1) is 0 Å². The number of fused-ring (bicyclic) bond motifs is 1. The molecule has 1 fully saturated rings. The molecule has 0 saturated carbocycles. The molecule has 2 aromatic carbocycles. The normalized spacial score (nSPS) is 16.2. The summed E-state index contributed by atoms with van der Waals surface area (Å²) >= 11 is 6.11. The summed E-state index contributed by atoms with van der Waals surface area (Å²) in [5.41, 5.74) is 0.481. The Morgan fingerprint density at radius 1 is 1.03 bits per heavy atom. The third kappa shape index (κ3) is 5.38. The molecule has 0 unspecified atom stereocenters. The van der Waals surface area contributed by atoms with Crippen LogP contribution in [0.5, 0.6) is 11.5 Å². The number of carbonyl (C=O) groups is 2.